The number of nitrogens with zero attached hydrogens (tertiary/aromatic N) is 1. The normalized spacial score (nSPS) is 10.4. The molecule has 1 aromatic heterocycles. The van der Waals surface area contributed by atoms with Gasteiger partial charge in [-0.15, -0.1) is 0 Å². The minimum absolute atomic E-state index is 0.204. The van der Waals surface area contributed by atoms with Crippen molar-refractivity contribution >= 4 is 17.5 Å². The third-order valence-corrected chi connectivity index (χ3v) is 3.15. The molecule has 0 aliphatic rings. The van der Waals surface area contributed by atoms with E-state index >= 15 is 0 Å². The number of hydrogen-bond donors (Lipinski definition) is 1. The van der Waals surface area contributed by atoms with Crippen LogP contribution in [0, 0.1) is 0 Å². The Labute approximate surface area is 128 Å². The van der Waals surface area contributed by atoms with E-state index in [9.17, 15) is 4.79 Å². The van der Waals surface area contributed by atoms with E-state index in [1.54, 1.807) is 31.3 Å². The number of amides is 1. The number of halogens is 1. The second kappa shape index (κ2) is 7.15. The average Bonchev–Trinajstić information content (AvgIpc) is 2.95. The van der Waals surface area contributed by atoms with Gasteiger partial charge in [0.2, 0.25) is 0 Å². The number of rotatable bonds is 6. The van der Waals surface area contributed by atoms with Crippen molar-refractivity contribution in [2.24, 2.45) is 5.73 Å². The Bertz CT molecular complexity index is 612. The van der Waals surface area contributed by atoms with Gasteiger partial charge in [0.15, 0.2) is 5.76 Å². The minimum atomic E-state index is -0.204. The van der Waals surface area contributed by atoms with E-state index in [0.717, 1.165) is 0 Å². The third-order valence-electron chi connectivity index (χ3n) is 2.91. The number of carbonyl (C=O) groups excluding carboxylic acids is 1. The highest BCUT2D eigenvalue weighted by molar-refractivity contribution is 6.30. The number of nitrogens with two attached hydrogens (primary N) is 1. The molecule has 0 bridgehead atoms. The summed E-state index contributed by atoms with van der Waals surface area (Å²) >= 11 is 5.87. The zero-order chi connectivity index (χ0) is 15.2. The molecule has 0 fully saturated rings. The van der Waals surface area contributed by atoms with Gasteiger partial charge in [-0.05, 0) is 30.3 Å². The van der Waals surface area contributed by atoms with Crippen molar-refractivity contribution in [2.75, 3.05) is 20.2 Å². The molecule has 0 radical (unpaired) electrons. The first-order valence-corrected chi connectivity index (χ1v) is 6.90. The molecule has 112 valence electrons. The zero-order valence-corrected chi connectivity index (χ0v) is 12.5. The summed E-state index contributed by atoms with van der Waals surface area (Å²) in [5, 5.41) is 0.613. The van der Waals surface area contributed by atoms with Gasteiger partial charge in [0.25, 0.3) is 5.91 Å². The maximum absolute atomic E-state index is 12.1. The van der Waals surface area contributed by atoms with Crippen LogP contribution in [0.25, 0.3) is 0 Å². The first-order chi connectivity index (χ1) is 10.1. The fourth-order valence-electron chi connectivity index (χ4n) is 1.75. The summed E-state index contributed by atoms with van der Waals surface area (Å²) in [5.74, 6) is 1.33. The Balaban J connectivity index is 1.84. The molecule has 1 aromatic carbocycles. The molecule has 21 heavy (non-hydrogen) atoms. The molecule has 0 unspecified atom stereocenters. The lowest BCUT2D eigenvalue weighted by Crippen LogP contribution is -2.30. The average molecular weight is 309 g/mol. The molecule has 0 spiro atoms. The molecule has 0 saturated heterocycles. The molecular formula is C15H17ClN2O3. The molecule has 1 amide bonds. The molecular weight excluding hydrogens is 292 g/mol. The minimum Gasteiger partial charge on any atom is -0.492 e. The number of furan rings is 1. The van der Waals surface area contributed by atoms with Crippen LogP contribution in [0.15, 0.2) is 40.8 Å². The molecule has 1 heterocycles. The van der Waals surface area contributed by atoms with Crippen molar-refractivity contribution in [1.29, 1.82) is 0 Å². The summed E-state index contributed by atoms with van der Waals surface area (Å²) in [6.07, 6.45) is 0. The van der Waals surface area contributed by atoms with E-state index in [1.165, 1.54) is 4.90 Å². The number of benzene rings is 1. The highest BCUT2D eigenvalue weighted by Crippen LogP contribution is 2.17. The van der Waals surface area contributed by atoms with Gasteiger partial charge in [0.1, 0.15) is 18.1 Å². The molecule has 0 saturated carbocycles. The van der Waals surface area contributed by atoms with Gasteiger partial charge >= 0.3 is 0 Å². The van der Waals surface area contributed by atoms with Gasteiger partial charge in [0, 0.05) is 12.1 Å². The largest absolute Gasteiger partial charge is 0.492 e. The Morgan fingerprint density at radius 1 is 1.38 bits per heavy atom. The molecule has 5 nitrogen and oxygen atoms in total. The summed E-state index contributed by atoms with van der Waals surface area (Å²) in [7, 11) is 1.69. The Hall–Kier alpha value is -1.98. The molecule has 2 N–H and O–H groups in total. The molecule has 2 rings (SSSR count). The molecule has 2 aromatic rings. The van der Waals surface area contributed by atoms with Gasteiger partial charge in [-0.25, -0.2) is 0 Å². The predicted molar refractivity (Wildman–Crippen MR) is 80.5 cm³/mol. The quantitative estimate of drug-likeness (QED) is 0.890. The molecule has 6 heteroatoms. The summed E-state index contributed by atoms with van der Waals surface area (Å²) in [5.41, 5.74) is 5.45. The summed E-state index contributed by atoms with van der Waals surface area (Å²) in [6.45, 7) is 1.08. The monoisotopic (exact) mass is 308 g/mol. The smallest absolute Gasteiger partial charge is 0.289 e. The van der Waals surface area contributed by atoms with Crippen LogP contribution in [-0.2, 0) is 6.54 Å². The Morgan fingerprint density at radius 3 is 2.86 bits per heavy atom. The Kier molecular flexibility index (Phi) is 5.25. The van der Waals surface area contributed by atoms with Crippen molar-refractivity contribution < 1.29 is 13.9 Å². The van der Waals surface area contributed by atoms with Crippen LogP contribution in [0.3, 0.4) is 0 Å². The highest BCUT2D eigenvalue weighted by Gasteiger charge is 2.15. The van der Waals surface area contributed by atoms with E-state index in [4.69, 9.17) is 26.5 Å². The first-order valence-electron chi connectivity index (χ1n) is 6.53. The van der Waals surface area contributed by atoms with E-state index in [1.807, 2.05) is 12.1 Å². The van der Waals surface area contributed by atoms with Crippen LogP contribution in [0.2, 0.25) is 5.02 Å². The van der Waals surface area contributed by atoms with Crippen LogP contribution in [0.1, 0.15) is 16.3 Å². The maximum Gasteiger partial charge on any atom is 0.289 e. The van der Waals surface area contributed by atoms with Gasteiger partial charge in [-0.3, -0.25) is 4.79 Å². The van der Waals surface area contributed by atoms with Crippen LogP contribution in [-0.4, -0.2) is 31.0 Å². The lowest BCUT2D eigenvalue weighted by atomic mass is 10.3. The SMILES string of the molecule is CN(CCOc1cccc(Cl)c1)C(=O)c1ccc(CN)o1. The van der Waals surface area contributed by atoms with Gasteiger partial charge in [-0.2, -0.15) is 0 Å². The zero-order valence-electron chi connectivity index (χ0n) is 11.7. The van der Waals surface area contributed by atoms with Gasteiger partial charge in [-0.1, -0.05) is 17.7 Å². The second-order valence-electron chi connectivity index (χ2n) is 4.50. The lowest BCUT2D eigenvalue weighted by molar-refractivity contribution is 0.0740. The standard InChI is InChI=1S/C15H17ClN2O3/c1-18(15(19)14-6-5-13(10-17)21-14)7-8-20-12-4-2-3-11(16)9-12/h2-6,9H,7-8,10,17H2,1H3. The highest BCUT2D eigenvalue weighted by atomic mass is 35.5. The number of ether oxygens (including phenoxy) is 1. The van der Waals surface area contributed by atoms with Crippen LogP contribution in [0.5, 0.6) is 5.75 Å². The van der Waals surface area contributed by atoms with Crippen LogP contribution >= 0.6 is 11.6 Å². The predicted octanol–water partition coefficient (Wildman–Crippen LogP) is 2.54. The summed E-state index contributed by atoms with van der Waals surface area (Å²) < 4.78 is 10.9. The van der Waals surface area contributed by atoms with E-state index < -0.39 is 0 Å². The van der Waals surface area contributed by atoms with E-state index in [2.05, 4.69) is 0 Å². The van der Waals surface area contributed by atoms with E-state index in [-0.39, 0.29) is 18.2 Å². The van der Waals surface area contributed by atoms with Crippen molar-refractivity contribution in [2.45, 2.75) is 6.54 Å². The van der Waals surface area contributed by atoms with Crippen molar-refractivity contribution in [3.05, 3.63) is 52.9 Å². The fraction of sp³-hybridized carbons (Fsp3) is 0.267. The number of carbonyl (C=O) groups is 1. The molecule has 0 aliphatic heterocycles. The lowest BCUT2D eigenvalue weighted by Gasteiger charge is -2.16. The number of hydrogen-bond acceptors (Lipinski definition) is 4. The van der Waals surface area contributed by atoms with Crippen LogP contribution in [0.4, 0.5) is 0 Å². The van der Waals surface area contributed by atoms with Crippen molar-refractivity contribution in [1.82, 2.24) is 4.90 Å². The van der Waals surface area contributed by atoms with Gasteiger partial charge < -0.3 is 19.8 Å². The van der Waals surface area contributed by atoms with E-state index in [0.29, 0.717) is 29.7 Å². The van der Waals surface area contributed by atoms with Crippen molar-refractivity contribution in [3.8, 4) is 5.75 Å². The topological polar surface area (TPSA) is 68.7 Å². The van der Waals surface area contributed by atoms with Crippen LogP contribution < -0.4 is 10.5 Å². The first kappa shape index (κ1) is 15.4. The number of likely N-dealkylation sites (N-methyl/N-ethyl adjacent to an activating group) is 1. The Morgan fingerprint density at radius 2 is 2.19 bits per heavy atom. The fourth-order valence-corrected chi connectivity index (χ4v) is 1.93. The molecule has 0 atom stereocenters. The third kappa shape index (κ3) is 4.24. The second-order valence-corrected chi connectivity index (χ2v) is 4.94. The van der Waals surface area contributed by atoms with Crippen molar-refractivity contribution in [3.63, 3.8) is 0 Å². The summed E-state index contributed by atoms with van der Waals surface area (Å²) in [6, 6.07) is 10.4. The molecule has 0 aliphatic carbocycles. The maximum atomic E-state index is 12.1. The van der Waals surface area contributed by atoms with Gasteiger partial charge in [0.05, 0.1) is 13.1 Å². The summed E-state index contributed by atoms with van der Waals surface area (Å²) in [4.78, 5) is 13.6.